The Hall–Kier alpha value is -1.64. The van der Waals surface area contributed by atoms with E-state index < -0.39 is 0 Å². The topological polar surface area (TPSA) is 46.2 Å². The van der Waals surface area contributed by atoms with Gasteiger partial charge >= 0.3 is 0 Å². The third-order valence-corrected chi connectivity index (χ3v) is 2.89. The number of carbonyl (C=O) groups is 2. The molecule has 1 unspecified atom stereocenters. The number of nitrogens with one attached hydrogen (secondary N) is 1. The molecule has 1 atom stereocenters. The van der Waals surface area contributed by atoms with Gasteiger partial charge in [0.15, 0.2) is 0 Å². The van der Waals surface area contributed by atoms with E-state index >= 15 is 0 Å². The van der Waals surface area contributed by atoms with Gasteiger partial charge in [0.05, 0.1) is 5.92 Å². The minimum absolute atomic E-state index is 0.173. The third-order valence-electron chi connectivity index (χ3n) is 2.89. The first-order valence-corrected chi connectivity index (χ1v) is 5.63. The van der Waals surface area contributed by atoms with E-state index in [1.165, 1.54) is 5.56 Å². The van der Waals surface area contributed by atoms with E-state index in [4.69, 9.17) is 0 Å². The van der Waals surface area contributed by atoms with Gasteiger partial charge in [-0.1, -0.05) is 37.6 Å². The molecule has 1 fully saturated rings. The standard InChI is InChI=1S/C13H15NO2/c1-2-3-9-4-6-10(7-5-9)11-8-12(15)14-13(11)16/h4-7,11H,2-3,8H2,1H3,(H,14,15,16). The van der Waals surface area contributed by atoms with Crippen LogP contribution in [0.3, 0.4) is 0 Å². The molecule has 3 heteroatoms. The first-order chi connectivity index (χ1) is 7.70. The van der Waals surface area contributed by atoms with Gasteiger partial charge in [-0.25, -0.2) is 0 Å². The highest BCUT2D eigenvalue weighted by Crippen LogP contribution is 2.24. The molecular formula is C13H15NO2. The fraction of sp³-hybridized carbons (Fsp3) is 0.385. The Labute approximate surface area is 94.9 Å². The molecule has 2 rings (SSSR count). The van der Waals surface area contributed by atoms with Crippen molar-refractivity contribution >= 4 is 11.8 Å². The minimum atomic E-state index is -0.289. The molecule has 0 saturated carbocycles. The van der Waals surface area contributed by atoms with Gasteiger partial charge in [0.25, 0.3) is 0 Å². The fourth-order valence-corrected chi connectivity index (χ4v) is 2.03. The monoisotopic (exact) mass is 217 g/mol. The summed E-state index contributed by atoms with van der Waals surface area (Å²) in [5, 5.41) is 2.33. The van der Waals surface area contributed by atoms with Crippen molar-refractivity contribution in [3.8, 4) is 0 Å². The van der Waals surface area contributed by atoms with E-state index in [0.717, 1.165) is 18.4 Å². The summed E-state index contributed by atoms with van der Waals surface area (Å²) in [6.07, 6.45) is 2.45. The number of aryl methyl sites for hydroxylation is 1. The highest BCUT2D eigenvalue weighted by molar-refractivity contribution is 6.06. The average molecular weight is 217 g/mol. The maximum absolute atomic E-state index is 11.5. The van der Waals surface area contributed by atoms with Gasteiger partial charge in [-0.05, 0) is 17.5 Å². The molecular weight excluding hydrogens is 202 g/mol. The predicted octanol–water partition coefficient (Wildman–Crippen LogP) is 1.77. The molecule has 1 aliphatic heterocycles. The van der Waals surface area contributed by atoms with Crippen LogP contribution in [0.4, 0.5) is 0 Å². The number of benzene rings is 1. The summed E-state index contributed by atoms with van der Waals surface area (Å²) in [5.41, 5.74) is 2.21. The lowest BCUT2D eigenvalue weighted by molar-refractivity contribution is -0.125. The fourth-order valence-electron chi connectivity index (χ4n) is 2.03. The van der Waals surface area contributed by atoms with Crippen LogP contribution in [0.5, 0.6) is 0 Å². The van der Waals surface area contributed by atoms with Crippen molar-refractivity contribution in [3.05, 3.63) is 35.4 Å². The first kappa shape index (κ1) is 10.9. The normalized spacial score (nSPS) is 19.9. The van der Waals surface area contributed by atoms with E-state index in [2.05, 4.69) is 12.2 Å². The second kappa shape index (κ2) is 4.47. The van der Waals surface area contributed by atoms with Gasteiger partial charge in [0.2, 0.25) is 11.8 Å². The molecule has 16 heavy (non-hydrogen) atoms. The van der Waals surface area contributed by atoms with Crippen LogP contribution in [0.1, 0.15) is 36.8 Å². The smallest absolute Gasteiger partial charge is 0.234 e. The first-order valence-electron chi connectivity index (χ1n) is 5.63. The van der Waals surface area contributed by atoms with Gasteiger partial charge < -0.3 is 0 Å². The summed E-state index contributed by atoms with van der Waals surface area (Å²) in [6, 6.07) is 7.98. The molecule has 1 aromatic rings. The molecule has 0 aliphatic carbocycles. The SMILES string of the molecule is CCCc1ccc(C2CC(=O)NC2=O)cc1. The van der Waals surface area contributed by atoms with E-state index in [9.17, 15) is 9.59 Å². The number of imide groups is 1. The number of hydrogen-bond acceptors (Lipinski definition) is 2. The van der Waals surface area contributed by atoms with E-state index in [1.807, 2.05) is 24.3 Å². The molecule has 1 N–H and O–H groups in total. The molecule has 1 aromatic carbocycles. The molecule has 0 bridgehead atoms. The number of carbonyl (C=O) groups excluding carboxylic acids is 2. The third kappa shape index (κ3) is 2.13. The van der Waals surface area contributed by atoms with Gasteiger partial charge in [-0.15, -0.1) is 0 Å². The lowest BCUT2D eigenvalue weighted by atomic mass is 9.96. The van der Waals surface area contributed by atoms with E-state index in [0.29, 0.717) is 0 Å². The van der Waals surface area contributed by atoms with Crippen LogP contribution >= 0.6 is 0 Å². The van der Waals surface area contributed by atoms with Crippen molar-refractivity contribution in [1.82, 2.24) is 5.32 Å². The van der Waals surface area contributed by atoms with Gasteiger partial charge in [0, 0.05) is 6.42 Å². The van der Waals surface area contributed by atoms with Crippen molar-refractivity contribution in [1.29, 1.82) is 0 Å². The predicted molar refractivity (Wildman–Crippen MR) is 60.9 cm³/mol. The zero-order valence-electron chi connectivity index (χ0n) is 9.32. The largest absolute Gasteiger partial charge is 0.296 e. The lowest BCUT2D eigenvalue weighted by Gasteiger charge is -2.07. The Balaban J connectivity index is 2.15. The molecule has 0 aromatic heterocycles. The number of amides is 2. The van der Waals surface area contributed by atoms with Crippen LogP contribution in [0, 0.1) is 0 Å². The lowest BCUT2D eigenvalue weighted by Crippen LogP contribution is -2.21. The van der Waals surface area contributed by atoms with Crippen LogP contribution < -0.4 is 5.32 Å². The Morgan fingerprint density at radius 1 is 1.25 bits per heavy atom. The summed E-state index contributed by atoms with van der Waals surface area (Å²) in [6.45, 7) is 2.14. The van der Waals surface area contributed by atoms with Crippen LogP contribution in [-0.4, -0.2) is 11.8 Å². The molecule has 0 radical (unpaired) electrons. The number of rotatable bonds is 3. The molecule has 1 aliphatic rings. The summed E-state index contributed by atoms with van der Waals surface area (Å²) in [7, 11) is 0. The maximum atomic E-state index is 11.5. The van der Waals surface area contributed by atoms with Gasteiger partial charge in [-0.2, -0.15) is 0 Å². The molecule has 0 spiro atoms. The van der Waals surface area contributed by atoms with Crippen LogP contribution in [0.15, 0.2) is 24.3 Å². The highest BCUT2D eigenvalue weighted by atomic mass is 16.2. The summed E-state index contributed by atoms with van der Waals surface area (Å²) in [5.74, 6) is -0.635. The maximum Gasteiger partial charge on any atom is 0.234 e. The van der Waals surface area contributed by atoms with Crippen LogP contribution in [0.2, 0.25) is 0 Å². The Morgan fingerprint density at radius 2 is 1.94 bits per heavy atom. The van der Waals surface area contributed by atoms with Gasteiger partial charge in [0.1, 0.15) is 0 Å². The van der Waals surface area contributed by atoms with Crippen molar-refractivity contribution in [2.24, 2.45) is 0 Å². The zero-order chi connectivity index (χ0) is 11.5. The van der Waals surface area contributed by atoms with E-state index in [1.54, 1.807) is 0 Å². The second-order valence-electron chi connectivity index (χ2n) is 4.16. The van der Waals surface area contributed by atoms with Crippen molar-refractivity contribution in [2.75, 3.05) is 0 Å². The highest BCUT2D eigenvalue weighted by Gasteiger charge is 2.31. The van der Waals surface area contributed by atoms with Crippen molar-refractivity contribution in [3.63, 3.8) is 0 Å². The second-order valence-corrected chi connectivity index (χ2v) is 4.16. The Kier molecular flexibility index (Phi) is 3.04. The van der Waals surface area contributed by atoms with Crippen LogP contribution in [-0.2, 0) is 16.0 Å². The zero-order valence-corrected chi connectivity index (χ0v) is 9.32. The quantitative estimate of drug-likeness (QED) is 0.784. The Morgan fingerprint density at radius 3 is 2.44 bits per heavy atom. The summed E-state index contributed by atoms with van der Waals surface area (Å²) in [4.78, 5) is 22.5. The molecule has 2 amide bonds. The summed E-state index contributed by atoms with van der Waals surface area (Å²) >= 11 is 0. The minimum Gasteiger partial charge on any atom is -0.296 e. The van der Waals surface area contributed by atoms with Gasteiger partial charge in [-0.3, -0.25) is 14.9 Å². The molecule has 84 valence electrons. The molecule has 3 nitrogen and oxygen atoms in total. The van der Waals surface area contributed by atoms with Crippen molar-refractivity contribution < 1.29 is 9.59 Å². The Bertz CT molecular complexity index is 408. The molecule has 1 saturated heterocycles. The van der Waals surface area contributed by atoms with Crippen molar-refractivity contribution in [2.45, 2.75) is 32.1 Å². The number of hydrogen-bond donors (Lipinski definition) is 1. The molecule has 1 heterocycles. The average Bonchev–Trinajstić information content (AvgIpc) is 2.59. The van der Waals surface area contributed by atoms with Crippen LogP contribution in [0.25, 0.3) is 0 Å². The van der Waals surface area contributed by atoms with E-state index in [-0.39, 0.29) is 24.2 Å². The summed E-state index contributed by atoms with van der Waals surface area (Å²) < 4.78 is 0.